The van der Waals surface area contributed by atoms with Crippen molar-refractivity contribution in [3.63, 3.8) is 0 Å². The number of hydrogen-bond acceptors (Lipinski definition) is 5. The second kappa shape index (κ2) is 6.00. The first-order valence-electron chi connectivity index (χ1n) is 7.53. The fourth-order valence-corrected chi connectivity index (χ4v) is 3.02. The van der Waals surface area contributed by atoms with Gasteiger partial charge in [-0.25, -0.2) is 15.0 Å². The van der Waals surface area contributed by atoms with Crippen LogP contribution >= 0.6 is 11.6 Å². The minimum atomic E-state index is -4.58. The molecule has 1 saturated carbocycles. The highest BCUT2D eigenvalue weighted by atomic mass is 35.5. The van der Waals surface area contributed by atoms with Crippen LogP contribution in [0.2, 0.25) is 5.15 Å². The molecular weight excluding hydrogens is 345 g/mol. The number of nitrogens with one attached hydrogen (secondary N) is 1. The largest absolute Gasteiger partial charge is 0.419 e. The van der Waals surface area contributed by atoms with Crippen molar-refractivity contribution in [3.8, 4) is 0 Å². The number of fused-ring (bicyclic) bond motifs is 1. The predicted octanol–water partition coefficient (Wildman–Crippen LogP) is 3.80. The van der Waals surface area contributed by atoms with Gasteiger partial charge in [0.15, 0.2) is 0 Å². The molecule has 5 nitrogen and oxygen atoms in total. The molecule has 9 heteroatoms. The van der Waals surface area contributed by atoms with Gasteiger partial charge in [0.1, 0.15) is 10.7 Å². The first-order valence-corrected chi connectivity index (χ1v) is 7.91. The number of alkyl halides is 3. The molecule has 0 unspecified atom stereocenters. The summed E-state index contributed by atoms with van der Waals surface area (Å²) in [7, 11) is 0. The van der Waals surface area contributed by atoms with Crippen LogP contribution in [0.4, 0.5) is 19.1 Å². The highest BCUT2D eigenvalue weighted by Crippen LogP contribution is 2.35. The highest BCUT2D eigenvalue weighted by Gasteiger charge is 2.35. The van der Waals surface area contributed by atoms with E-state index in [1.165, 1.54) is 6.20 Å². The molecular formula is C15H16ClF3N4O. The van der Waals surface area contributed by atoms with Crippen LogP contribution in [0.3, 0.4) is 0 Å². The molecule has 130 valence electrons. The van der Waals surface area contributed by atoms with Crippen molar-refractivity contribution in [1.82, 2.24) is 15.0 Å². The average Bonchev–Trinajstić information content (AvgIpc) is 2.48. The first-order chi connectivity index (χ1) is 11.2. The molecule has 1 aliphatic carbocycles. The van der Waals surface area contributed by atoms with E-state index in [0.29, 0.717) is 31.9 Å². The Balaban J connectivity index is 1.91. The number of aromatic nitrogens is 3. The van der Waals surface area contributed by atoms with Gasteiger partial charge >= 0.3 is 6.18 Å². The smallest absolute Gasteiger partial charge is 0.390 e. The maximum absolute atomic E-state index is 13.1. The minimum Gasteiger partial charge on any atom is -0.390 e. The fraction of sp³-hybridized carbons (Fsp3) is 0.533. The number of aliphatic hydroxyl groups is 1. The van der Waals surface area contributed by atoms with Gasteiger partial charge in [-0.05, 0) is 32.6 Å². The van der Waals surface area contributed by atoms with Gasteiger partial charge in [-0.15, -0.1) is 0 Å². The van der Waals surface area contributed by atoms with Gasteiger partial charge in [0.2, 0.25) is 5.95 Å². The molecule has 1 fully saturated rings. The van der Waals surface area contributed by atoms with Crippen LogP contribution in [-0.2, 0) is 6.18 Å². The molecule has 0 saturated heterocycles. The third-order valence-corrected chi connectivity index (χ3v) is 4.58. The Hall–Kier alpha value is -1.67. The normalized spacial score (nSPS) is 25.0. The summed E-state index contributed by atoms with van der Waals surface area (Å²) >= 11 is 5.85. The van der Waals surface area contributed by atoms with Gasteiger partial charge in [0, 0.05) is 18.4 Å². The van der Waals surface area contributed by atoms with Crippen LogP contribution in [0.15, 0.2) is 12.4 Å². The lowest BCUT2D eigenvalue weighted by Gasteiger charge is -2.33. The lowest BCUT2D eigenvalue weighted by atomic mass is 9.84. The number of anilines is 1. The van der Waals surface area contributed by atoms with E-state index >= 15 is 0 Å². The SMILES string of the molecule is C[C@]1(O)CC[C@H](Nc2ncc3c(Cl)ncc(C(F)(F)F)c3n2)CC1. The molecule has 2 N–H and O–H groups in total. The molecule has 3 rings (SSSR count). The van der Waals surface area contributed by atoms with Gasteiger partial charge in [0.05, 0.1) is 16.5 Å². The Labute approximate surface area is 141 Å². The minimum absolute atomic E-state index is 0.00863. The number of halogens is 4. The van der Waals surface area contributed by atoms with Crippen molar-refractivity contribution in [2.45, 2.75) is 50.4 Å². The van der Waals surface area contributed by atoms with E-state index in [9.17, 15) is 18.3 Å². The Morgan fingerprint density at radius 2 is 1.92 bits per heavy atom. The topological polar surface area (TPSA) is 70.9 Å². The maximum atomic E-state index is 13.1. The van der Waals surface area contributed by atoms with Gasteiger partial charge < -0.3 is 10.4 Å². The van der Waals surface area contributed by atoms with E-state index in [2.05, 4.69) is 20.3 Å². The molecule has 0 amide bonds. The van der Waals surface area contributed by atoms with E-state index in [1.807, 2.05) is 0 Å². The summed E-state index contributed by atoms with van der Waals surface area (Å²) in [4.78, 5) is 11.6. The monoisotopic (exact) mass is 360 g/mol. The summed E-state index contributed by atoms with van der Waals surface area (Å²) in [5, 5.41) is 13.0. The third-order valence-electron chi connectivity index (χ3n) is 4.27. The summed E-state index contributed by atoms with van der Waals surface area (Å²) in [5.41, 5.74) is -1.91. The Morgan fingerprint density at radius 3 is 2.54 bits per heavy atom. The molecule has 0 radical (unpaired) electrons. The molecule has 1 aliphatic rings. The van der Waals surface area contributed by atoms with Crippen LogP contribution in [0.5, 0.6) is 0 Å². The molecule has 2 aromatic heterocycles. The number of pyridine rings is 1. The Morgan fingerprint density at radius 1 is 1.25 bits per heavy atom. The van der Waals surface area contributed by atoms with Crippen molar-refractivity contribution in [2.24, 2.45) is 0 Å². The second-order valence-electron chi connectivity index (χ2n) is 6.33. The summed E-state index contributed by atoms with van der Waals surface area (Å²) in [5.74, 6) is 0.113. The maximum Gasteiger partial charge on any atom is 0.419 e. The average molecular weight is 361 g/mol. The standard InChI is InChI=1S/C15H16ClF3N4O/c1-14(24)4-2-8(3-5-14)22-13-21-6-9-11(23-13)10(15(17,18)19)7-20-12(9)16/h6-8,24H,2-5H2,1H3,(H,21,22,23)/t8-,14-. The van der Waals surface area contributed by atoms with Gasteiger partial charge in [0.25, 0.3) is 0 Å². The van der Waals surface area contributed by atoms with Crippen molar-refractivity contribution >= 4 is 28.5 Å². The van der Waals surface area contributed by atoms with Gasteiger partial charge in [-0.3, -0.25) is 0 Å². The second-order valence-corrected chi connectivity index (χ2v) is 6.69. The molecule has 0 atom stereocenters. The zero-order valence-corrected chi connectivity index (χ0v) is 13.6. The molecule has 0 bridgehead atoms. The van der Waals surface area contributed by atoms with E-state index in [1.54, 1.807) is 6.92 Å². The molecule has 0 spiro atoms. The van der Waals surface area contributed by atoms with E-state index in [4.69, 9.17) is 11.6 Å². The summed E-state index contributed by atoms with van der Waals surface area (Å²) in [6, 6.07) is 0.00863. The molecule has 24 heavy (non-hydrogen) atoms. The summed E-state index contributed by atoms with van der Waals surface area (Å²) in [6.07, 6.45) is -0.0443. The van der Waals surface area contributed by atoms with E-state index in [-0.39, 0.29) is 28.0 Å². The Kier molecular flexibility index (Phi) is 4.29. The molecule has 2 aromatic rings. The van der Waals surface area contributed by atoms with Crippen LogP contribution in [0.1, 0.15) is 38.2 Å². The van der Waals surface area contributed by atoms with Gasteiger partial charge in [-0.1, -0.05) is 11.6 Å². The summed E-state index contributed by atoms with van der Waals surface area (Å²) < 4.78 is 39.4. The lowest BCUT2D eigenvalue weighted by Crippen LogP contribution is -2.36. The van der Waals surface area contributed by atoms with Crippen LogP contribution in [0.25, 0.3) is 10.9 Å². The number of nitrogens with zero attached hydrogens (tertiary/aromatic N) is 3. The van der Waals surface area contributed by atoms with E-state index in [0.717, 1.165) is 0 Å². The third kappa shape index (κ3) is 3.54. The van der Waals surface area contributed by atoms with Crippen LogP contribution < -0.4 is 5.32 Å². The molecule has 0 aliphatic heterocycles. The van der Waals surface area contributed by atoms with Crippen molar-refractivity contribution < 1.29 is 18.3 Å². The molecule has 2 heterocycles. The lowest BCUT2D eigenvalue weighted by molar-refractivity contribution is -0.136. The zero-order valence-electron chi connectivity index (χ0n) is 12.9. The van der Waals surface area contributed by atoms with Crippen molar-refractivity contribution in [1.29, 1.82) is 0 Å². The quantitative estimate of drug-likeness (QED) is 0.797. The Bertz CT molecular complexity index is 756. The summed E-state index contributed by atoms with van der Waals surface area (Å²) in [6.45, 7) is 1.78. The number of hydrogen-bond donors (Lipinski definition) is 2. The van der Waals surface area contributed by atoms with E-state index < -0.39 is 17.3 Å². The molecule has 0 aromatic carbocycles. The zero-order chi connectivity index (χ0) is 17.5. The number of rotatable bonds is 2. The highest BCUT2D eigenvalue weighted by molar-refractivity contribution is 6.34. The van der Waals surface area contributed by atoms with Crippen LogP contribution in [0, 0.1) is 0 Å². The van der Waals surface area contributed by atoms with Crippen LogP contribution in [-0.4, -0.2) is 31.7 Å². The fourth-order valence-electron chi connectivity index (χ4n) is 2.83. The van der Waals surface area contributed by atoms with Crippen molar-refractivity contribution in [2.75, 3.05) is 5.32 Å². The van der Waals surface area contributed by atoms with Gasteiger partial charge in [-0.2, -0.15) is 13.2 Å². The van der Waals surface area contributed by atoms with Crippen molar-refractivity contribution in [3.05, 3.63) is 23.1 Å². The first kappa shape index (κ1) is 17.2. The predicted molar refractivity (Wildman–Crippen MR) is 83.8 cm³/mol.